The third kappa shape index (κ3) is 5.17. The Balaban J connectivity index is 0.000000181. The van der Waals surface area contributed by atoms with Gasteiger partial charge in [0.05, 0.1) is 6.04 Å². The van der Waals surface area contributed by atoms with Crippen LogP contribution in [0.5, 0.6) is 11.5 Å². The minimum Gasteiger partial charge on any atom is -0.508 e. The van der Waals surface area contributed by atoms with Crippen LogP contribution in [0.3, 0.4) is 0 Å². The molecule has 0 bridgehead atoms. The monoisotopic (exact) mass is 439 g/mol. The number of aromatic hydroxyl groups is 2. The summed E-state index contributed by atoms with van der Waals surface area (Å²) in [5.74, 6) is -1.23. The summed E-state index contributed by atoms with van der Waals surface area (Å²) in [5, 5.41) is 29.1. The van der Waals surface area contributed by atoms with Gasteiger partial charge in [0.1, 0.15) is 17.5 Å². The zero-order valence-electron chi connectivity index (χ0n) is 17.1. The molecule has 1 amide bonds. The molecule has 4 aromatic rings. The molecule has 10 heteroatoms. The smallest absolute Gasteiger partial charge is 0.320 e. The van der Waals surface area contributed by atoms with E-state index in [-0.39, 0.29) is 17.9 Å². The van der Waals surface area contributed by atoms with E-state index in [1.807, 2.05) is 0 Å². The lowest BCUT2D eigenvalue weighted by Crippen LogP contribution is -2.38. The minimum absolute atomic E-state index is 0.150. The molecule has 2 heterocycles. The number of carbonyl (C=O) groups excluding carboxylic acids is 1. The molecule has 10 nitrogen and oxygen atoms in total. The average molecular weight is 439 g/mol. The number of H-pyrrole nitrogens is 2. The van der Waals surface area contributed by atoms with E-state index in [1.165, 1.54) is 0 Å². The van der Waals surface area contributed by atoms with Gasteiger partial charge in [0, 0.05) is 40.6 Å². The molecule has 0 unspecified atom stereocenters. The van der Waals surface area contributed by atoms with Crippen molar-refractivity contribution < 1.29 is 24.9 Å². The van der Waals surface area contributed by atoms with E-state index in [9.17, 15) is 19.8 Å². The van der Waals surface area contributed by atoms with Gasteiger partial charge in [-0.25, -0.2) is 0 Å². The highest BCUT2D eigenvalue weighted by Gasteiger charge is 2.15. The maximum absolute atomic E-state index is 10.9. The van der Waals surface area contributed by atoms with E-state index in [0.29, 0.717) is 6.42 Å². The number of aliphatic carboxylic acids is 1. The number of hydrogen-bond donors (Lipinski definition) is 8. The van der Waals surface area contributed by atoms with Crippen molar-refractivity contribution in [2.45, 2.75) is 24.9 Å². The van der Waals surface area contributed by atoms with Gasteiger partial charge in [0.25, 0.3) is 0 Å². The number of amides is 1. The van der Waals surface area contributed by atoms with E-state index >= 15 is 0 Å². The van der Waals surface area contributed by atoms with Gasteiger partial charge >= 0.3 is 5.97 Å². The van der Waals surface area contributed by atoms with Gasteiger partial charge < -0.3 is 42.5 Å². The standard InChI is InChI=1S/C11H13N3O2.C11H12N2O3/c12-9(11(13)16)3-6-5-14-10-2-1-7(15)4-8(6)10;12-9(11(15)16)3-6-5-13-10-2-1-7(14)4-8(6)10/h1-2,4-5,9,14-15H,3,12H2,(H2,13,16);1-2,4-5,9,13-14H,3,12H2,(H,15,16)/t2*9-/m00/s1. The Morgan fingerprint density at radius 3 is 1.66 bits per heavy atom. The van der Waals surface area contributed by atoms with Crippen LogP contribution in [-0.4, -0.2) is 49.2 Å². The van der Waals surface area contributed by atoms with E-state index in [1.54, 1.807) is 48.8 Å². The molecular weight excluding hydrogens is 414 g/mol. The lowest BCUT2D eigenvalue weighted by molar-refractivity contribution is -0.138. The third-order valence-electron chi connectivity index (χ3n) is 5.06. The highest BCUT2D eigenvalue weighted by Crippen LogP contribution is 2.24. The van der Waals surface area contributed by atoms with Crippen molar-refractivity contribution in [3.05, 3.63) is 59.9 Å². The van der Waals surface area contributed by atoms with Gasteiger partial charge in [-0.05, 0) is 53.9 Å². The van der Waals surface area contributed by atoms with Crippen molar-refractivity contribution in [2.24, 2.45) is 17.2 Å². The van der Waals surface area contributed by atoms with Crippen LogP contribution in [0.1, 0.15) is 11.1 Å². The Morgan fingerprint density at radius 2 is 1.25 bits per heavy atom. The van der Waals surface area contributed by atoms with Crippen LogP contribution in [0.2, 0.25) is 0 Å². The van der Waals surface area contributed by atoms with Crippen molar-refractivity contribution in [1.82, 2.24) is 9.97 Å². The molecule has 32 heavy (non-hydrogen) atoms. The number of aromatic nitrogens is 2. The second kappa shape index (κ2) is 9.41. The number of carbonyl (C=O) groups is 2. The molecular formula is C22H25N5O5. The number of carboxylic acids is 1. The summed E-state index contributed by atoms with van der Waals surface area (Å²) in [4.78, 5) is 27.6. The summed E-state index contributed by atoms with van der Waals surface area (Å²) < 4.78 is 0. The highest BCUT2D eigenvalue weighted by atomic mass is 16.4. The van der Waals surface area contributed by atoms with Crippen molar-refractivity contribution in [3.63, 3.8) is 0 Å². The maximum Gasteiger partial charge on any atom is 0.320 e. The maximum atomic E-state index is 10.9. The fraction of sp³-hybridized carbons (Fsp3) is 0.182. The van der Waals surface area contributed by atoms with Crippen molar-refractivity contribution in [1.29, 1.82) is 0 Å². The summed E-state index contributed by atoms with van der Waals surface area (Å²) in [6.07, 6.45) is 4.08. The van der Waals surface area contributed by atoms with Gasteiger partial charge in [0.2, 0.25) is 5.91 Å². The van der Waals surface area contributed by atoms with Crippen LogP contribution in [0.4, 0.5) is 0 Å². The Bertz CT molecular complexity index is 1160. The predicted octanol–water partition coefficient (Wildman–Crippen LogP) is 1.06. The van der Waals surface area contributed by atoms with Crippen molar-refractivity contribution >= 4 is 33.7 Å². The number of rotatable bonds is 6. The topological polar surface area (TPSA) is 204 Å². The number of carboxylic acid groups (broad SMARTS) is 1. The molecule has 0 fully saturated rings. The molecule has 0 spiro atoms. The van der Waals surface area contributed by atoms with Crippen LogP contribution < -0.4 is 17.2 Å². The molecule has 4 rings (SSSR count). The number of phenols is 2. The Hall–Kier alpha value is -4.02. The second-order valence-corrected chi connectivity index (χ2v) is 7.45. The normalized spacial score (nSPS) is 12.8. The van der Waals surface area contributed by atoms with Crippen LogP contribution in [-0.2, 0) is 22.4 Å². The quantitative estimate of drug-likeness (QED) is 0.219. The zero-order valence-corrected chi connectivity index (χ0v) is 17.1. The number of phenolic OH excluding ortho intramolecular Hbond substituents is 2. The van der Waals surface area contributed by atoms with Crippen LogP contribution in [0.25, 0.3) is 21.8 Å². The summed E-state index contributed by atoms with van der Waals surface area (Å²) in [7, 11) is 0. The first-order valence-electron chi connectivity index (χ1n) is 9.77. The zero-order chi connectivity index (χ0) is 23.4. The van der Waals surface area contributed by atoms with Crippen LogP contribution in [0.15, 0.2) is 48.8 Å². The molecule has 0 aliphatic heterocycles. The van der Waals surface area contributed by atoms with Gasteiger partial charge in [-0.3, -0.25) is 9.59 Å². The van der Waals surface area contributed by atoms with E-state index in [4.69, 9.17) is 22.3 Å². The average Bonchev–Trinajstić information content (AvgIpc) is 3.32. The Morgan fingerprint density at radius 1 is 0.812 bits per heavy atom. The number of benzene rings is 2. The first-order valence-corrected chi connectivity index (χ1v) is 9.77. The first-order chi connectivity index (χ1) is 15.2. The Labute approximate surface area is 182 Å². The summed E-state index contributed by atoms with van der Waals surface area (Å²) in [5.41, 5.74) is 19.6. The molecule has 168 valence electrons. The molecule has 0 saturated heterocycles. The molecule has 2 atom stereocenters. The Kier molecular flexibility index (Phi) is 6.67. The molecule has 2 aromatic carbocycles. The number of primary amides is 1. The third-order valence-corrected chi connectivity index (χ3v) is 5.06. The molecule has 0 saturated carbocycles. The molecule has 0 radical (unpaired) electrons. The van der Waals surface area contributed by atoms with Crippen LogP contribution >= 0.6 is 0 Å². The lowest BCUT2D eigenvalue weighted by atomic mass is 10.1. The SMILES string of the molecule is NC(=O)[C@@H](N)Cc1c[nH]c2ccc(O)cc12.N[C@@H](Cc1c[nH]c2ccc(O)cc12)C(=O)O. The van der Waals surface area contributed by atoms with E-state index in [2.05, 4.69) is 9.97 Å². The highest BCUT2D eigenvalue weighted by molar-refractivity contribution is 5.87. The molecule has 0 aliphatic carbocycles. The minimum atomic E-state index is -1.03. The number of fused-ring (bicyclic) bond motifs is 2. The molecule has 11 N–H and O–H groups in total. The predicted molar refractivity (Wildman–Crippen MR) is 120 cm³/mol. The van der Waals surface area contributed by atoms with Gasteiger partial charge in [-0.1, -0.05) is 0 Å². The van der Waals surface area contributed by atoms with Crippen molar-refractivity contribution in [3.8, 4) is 11.5 Å². The van der Waals surface area contributed by atoms with E-state index in [0.717, 1.165) is 32.9 Å². The summed E-state index contributed by atoms with van der Waals surface area (Å²) in [6.45, 7) is 0. The fourth-order valence-corrected chi connectivity index (χ4v) is 3.33. The number of nitrogens with one attached hydrogen (secondary N) is 2. The fourth-order valence-electron chi connectivity index (χ4n) is 3.33. The summed E-state index contributed by atoms with van der Waals surface area (Å²) in [6, 6.07) is 8.26. The second-order valence-electron chi connectivity index (χ2n) is 7.45. The van der Waals surface area contributed by atoms with Gasteiger partial charge in [-0.15, -0.1) is 0 Å². The number of nitrogens with two attached hydrogens (primary N) is 3. The number of aromatic amines is 2. The van der Waals surface area contributed by atoms with Gasteiger partial charge in [0.15, 0.2) is 0 Å². The van der Waals surface area contributed by atoms with Gasteiger partial charge in [-0.2, -0.15) is 0 Å². The first kappa shape index (κ1) is 22.7. The largest absolute Gasteiger partial charge is 0.508 e. The van der Waals surface area contributed by atoms with E-state index < -0.39 is 24.0 Å². The summed E-state index contributed by atoms with van der Waals surface area (Å²) >= 11 is 0. The number of hydrogen-bond acceptors (Lipinski definition) is 6. The lowest BCUT2D eigenvalue weighted by Gasteiger charge is -2.05. The molecule has 0 aliphatic rings. The van der Waals surface area contributed by atoms with Crippen LogP contribution in [0, 0.1) is 0 Å². The molecule has 2 aromatic heterocycles. The van der Waals surface area contributed by atoms with Crippen molar-refractivity contribution in [2.75, 3.05) is 0 Å².